The molecule has 0 aliphatic heterocycles. The van der Waals surface area contributed by atoms with E-state index in [1.807, 2.05) is 39.0 Å². The van der Waals surface area contributed by atoms with E-state index in [4.69, 9.17) is 0 Å². The number of carboxylic acid groups (broad SMARTS) is 1. The Morgan fingerprint density at radius 1 is 1.02 bits per heavy atom. The lowest BCUT2D eigenvalue weighted by Gasteiger charge is -2.24. The Bertz CT molecular complexity index is 1560. The third-order valence-electron chi connectivity index (χ3n) is 6.76. The van der Waals surface area contributed by atoms with Gasteiger partial charge in [-0.3, -0.25) is 14.4 Å². The number of pyridine rings is 1. The number of hydrogen-bond acceptors (Lipinski definition) is 4. The number of nitrogens with one attached hydrogen (secondary N) is 2. The van der Waals surface area contributed by atoms with Crippen LogP contribution in [0.15, 0.2) is 61.1 Å². The minimum absolute atomic E-state index is 0.230. The van der Waals surface area contributed by atoms with Crippen molar-refractivity contribution in [1.82, 2.24) is 20.0 Å². The van der Waals surface area contributed by atoms with Crippen LogP contribution in [0.5, 0.6) is 0 Å². The minimum atomic E-state index is -1.39. The molecule has 1 unspecified atom stereocenters. The lowest BCUT2D eigenvalue weighted by Crippen LogP contribution is -2.48. The molecule has 0 aliphatic carbocycles. The van der Waals surface area contributed by atoms with E-state index in [-0.39, 0.29) is 17.5 Å². The molecular formula is C30H30F2N4O4. The molecule has 3 N–H and O–H groups in total. The fraction of sp³-hybridized carbons (Fsp3) is 0.267. The Kier molecular flexibility index (Phi) is 8.57. The second kappa shape index (κ2) is 12.1. The van der Waals surface area contributed by atoms with Crippen LogP contribution in [0.1, 0.15) is 59.3 Å². The number of imidazole rings is 1. The van der Waals surface area contributed by atoms with Crippen LogP contribution < -0.4 is 10.6 Å². The second-order valence-electron chi connectivity index (χ2n) is 9.68. The number of aromatic nitrogens is 2. The quantitative estimate of drug-likeness (QED) is 0.254. The van der Waals surface area contributed by atoms with Crippen LogP contribution in [0, 0.1) is 25.5 Å². The normalized spacial score (nSPS) is 12.6. The molecule has 4 aromatic rings. The summed E-state index contributed by atoms with van der Waals surface area (Å²) in [6.07, 6.45) is 5.00. The molecule has 0 spiro atoms. The smallest absolute Gasteiger partial charge is 0.305 e. The van der Waals surface area contributed by atoms with E-state index in [0.717, 1.165) is 17.2 Å². The van der Waals surface area contributed by atoms with Gasteiger partial charge in [0.05, 0.1) is 18.0 Å². The fourth-order valence-corrected chi connectivity index (χ4v) is 4.88. The first-order valence-corrected chi connectivity index (χ1v) is 12.9. The molecule has 2 amide bonds. The molecule has 0 radical (unpaired) electrons. The van der Waals surface area contributed by atoms with Gasteiger partial charge >= 0.3 is 5.97 Å². The summed E-state index contributed by atoms with van der Waals surface area (Å²) in [6, 6.07) is 8.74. The van der Waals surface area contributed by atoms with Crippen LogP contribution in [0.2, 0.25) is 0 Å². The Morgan fingerprint density at radius 3 is 2.42 bits per heavy atom. The maximum absolute atomic E-state index is 15.1. The number of hydrogen-bond donors (Lipinski definition) is 3. The first-order valence-electron chi connectivity index (χ1n) is 12.9. The van der Waals surface area contributed by atoms with Crippen molar-refractivity contribution in [3.05, 3.63) is 94.9 Å². The first kappa shape index (κ1) is 28.4. The van der Waals surface area contributed by atoms with Crippen LogP contribution in [0.4, 0.5) is 8.78 Å². The summed E-state index contributed by atoms with van der Waals surface area (Å²) < 4.78 is 31.7. The zero-order valence-corrected chi connectivity index (χ0v) is 22.4. The SMILES string of the molecule is CCC[C@H](NC(=O)c1cccn2ccnc12)C(=O)NC(CC(=O)O)c1cc(-c2c(C)cccc2C)cc(F)c1F. The third-order valence-corrected chi connectivity index (χ3v) is 6.76. The molecule has 0 saturated carbocycles. The summed E-state index contributed by atoms with van der Waals surface area (Å²) in [6.45, 7) is 5.49. The number of carbonyl (C=O) groups is 3. The monoisotopic (exact) mass is 548 g/mol. The summed E-state index contributed by atoms with van der Waals surface area (Å²) in [7, 11) is 0. The topological polar surface area (TPSA) is 113 Å². The second-order valence-corrected chi connectivity index (χ2v) is 9.68. The van der Waals surface area contributed by atoms with Gasteiger partial charge in [-0.1, -0.05) is 31.5 Å². The van der Waals surface area contributed by atoms with Crippen molar-refractivity contribution in [3.8, 4) is 11.1 Å². The Morgan fingerprint density at radius 2 is 1.75 bits per heavy atom. The molecule has 0 saturated heterocycles. The van der Waals surface area contributed by atoms with Crippen molar-refractivity contribution in [1.29, 1.82) is 0 Å². The number of halogens is 2. The molecule has 40 heavy (non-hydrogen) atoms. The predicted molar refractivity (Wildman–Crippen MR) is 146 cm³/mol. The fourth-order valence-electron chi connectivity index (χ4n) is 4.88. The van der Waals surface area contributed by atoms with Crippen molar-refractivity contribution >= 4 is 23.4 Å². The summed E-state index contributed by atoms with van der Waals surface area (Å²) in [4.78, 5) is 42.4. The van der Waals surface area contributed by atoms with Crippen molar-refractivity contribution in [2.24, 2.45) is 0 Å². The van der Waals surface area contributed by atoms with Gasteiger partial charge in [0.2, 0.25) is 5.91 Å². The van der Waals surface area contributed by atoms with E-state index in [2.05, 4.69) is 15.6 Å². The number of aliphatic carboxylic acids is 1. The number of benzene rings is 2. The highest BCUT2D eigenvalue weighted by Gasteiger charge is 2.29. The number of nitrogens with zero attached hydrogens (tertiary/aromatic N) is 2. The van der Waals surface area contributed by atoms with Crippen molar-refractivity contribution in [2.75, 3.05) is 0 Å². The van der Waals surface area contributed by atoms with Gasteiger partial charge < -0.3 is 20.1 Å². The summed E-state index contributed by atoms with van der Waals surface area (Å²) in [5.74, 6) is -4.98. The molecule has 0 fully saturated rings. The van der Waals surface area contributed by atoms with Crippen LogP contribution >= 0.6 is 0 Å². The molecule has 8 nitrogen and oxygen atoms in total. The zero-order valence-electron chi connectivity index (χ0n) is 22.4. The van der Waals surface area contributed by atoms with E-state index in [1.165, 1.54) is 6.07 Å². The van der Waals surface area contributed by atoms with Gasteiger partial charge in [0.15, 0.2) is 11.6 Å². The molecule has 2 aromatic carbocycles. The summed E-state index contributed by atoms with van der Waals surface area (Å²) in [5.41, 5.74) is 3.06. The van der Waals surface area contributed by atoms with E-state index in [1.54, 1.807) is 35.1 Å². The van der Waals surface area contributed by atoms with Gasteiger partial charge in [0, 0.05) is 24.2 Å². The highest BCUT2D eigenvalue weighted by Crippen LogP contribution is 2.33. The lowest BCUT2D eigenvalue weighted by atomic mass is 9.92. The molecule has 10 heteroatoms. The van der Waals surface area contributed by atoms with Crippen molar-refractivity contribution in [2.45, 2.75) is 52.1 Å². The molecule has 0 aliphatic rings. The number of carbonyl (C=O) groups excluding carboxylic acids is 2. The van der Waals surface area contributed by atoms with E-state index >= 15 is 4.39 Å². The van der Waals surface area contributed by atoms with E-state index in [9.17, 15) is 23.9 Å². The number of fused-ring (bicyclic) bond motifs is 1. The number of aryl methyl sites for hydroxylation is 2. The standard InChI is InChI=1S/C30H30F2N4O4/c1-4-7-23(34-29(39)20-10-6-12-36-13-11-33-28(20)36)30(40)35-24(16-25(37)38)21-14-19(15-22(31)27(21)32)26-17(2)8-5-9-18(26)3/h5-6,8-15,23-24H,4,7,16H2,1-3H3,(H,34,39)(H,35,40)(H,37,38)/t23-,24?/m0/s1. The zero-order chi connectivity index (χ0) is 29.0. The predicted octanol–water partition coefficient (Wildman–Crippen LogP) is 5.13. The first-order chi connectivity index (χ1) is 19.1. The van der Waals surface area contributed by atoms with Crippen molar-refractivity contribution < 1.29 is 28.3 Å². The summed E-state index contributed by atoms with van der Waals surface area (Å²) >= 11 is 0. The van der Waals surface area contributed by atoms with Crippen LogP contribution in [0.3, 0.4) is 0 Å². The van der Waals surface area contributed by atoms with E-state index in [0.29, 0.717) is 23.2 Å². The molecule has 2 atom stereocenters. The van der Waals surface area contributed by atoms with Gasteiger partial charge in [0.25, 0.3) is 5.91 Å². The maximum atomic E-state index is 15.1. The van der Waals surface area contributed by atoms with Gasteiger partial charge in [-0.05, 0) is 66.8 Å². The van der Waals surface area contributed by atoms with E-state index < -0.39 is 47.9 Å². The highest BCUT2D eigenvalue weighted by atomic mass is 19.2. The Labute approximate surface area is 230 Å². The van der Waals surface area contributed by atoms with Gasteiger partial charge in [-0.2, -0.15) is 0 Å². The lowest BCUT2D eigenvalue weighted by molar-refractivity contribution is -0.137. The minimum Gasteiger partial charge on any atom is -0.481 e. The van der Waals surface area contributed by atoms with Gasteiger partial charge in [-0.25, -0.2) is 13.8 Å². The molecule has 2 aromatic heterocycles. The number of rotatable bonds is 10. The highest BCUT2D eigenvalue weighted by molar-refractivity contribution is 6.02. The van der Waals surface area contributed by atoms with Crippen LogP contribution in [-0.2, 0) is 9.59 Å². The van der Waals surface area contributed by atoms with Gasteiger partial charge in [0.1, 0.15) is 11.7 Å². The average Bonchev–Trinajstić information content (AvgIpc) is 3.38. The summed E-state index contributed by atoms with van der Waals surface area (Å²) in [5, 5.41) is 14.8. The maximum Gasteiger partial charge on any atom is 0.305 e. The molecule has 4 rings (SSSR count). The molecule has 208 valence electrons. The largest absolute Gasteiger partial charge is 0.481 e. The van der Waals surface area contributed by atoms with Crippen LogP contribution in [0.25, 0.3) is 16.8 Å². The van der Waals surface area contributed by atoms with Gasteiger partial charge in [-0.15, -0.1) is 0 Å². The molecule has 0 bridgehead atoms. The van der Waals surface area contributed by atoms with Crippen LogP contribution in [-0.4, -0.2) is 38.3 Å². The van der Waals surface area contributed by atoms with Crippen molar-refractivity contribution in [3.63, 3.8) is 0 Å². The Balaban J connectivity index is 1.66. The Hall–Kier alpha value is -4.60. The molecule has 2 heterocycles. The number of amides is 2. The number of carboxylic acids is 1. The average molecular weight is 549 g/mol. The molecular weight excluding hydrogens is 518 g/mol. The third kappa shape index (κ3) is 6.01.